The minimum atomic E-state index is -4.34. The third-order valence-corrected chi connectivity index (χ3v) is 4.21. The lowest BCUT2D eigenvalue weighted by atomic mass is 9.85. The van der Waals surface area contributed by atoms with Crippen molar-refractivity contribution in [2.45, 2.75) is 18.0 Å². The number of aromatic nitrogens is 2. The van der Waals surface area contributed by atoms with E-state index in [1.807, 2.05) is 0 Å². The average Bonchev–Trinajstić information content (AvgIpc) is 3.04. The first kappa shape index (κ1) is 14.2. The van der Waals surface area contributed by atoms with Gasteiger partial charge in [-0.2, -0.15) is 13.2 Å². The van der Waals surface area contributed by atoms with Crippen LogP contribution >= 0.6 is 0 Å². The Morgan fingerprint density at radius 1 is 1.38 bits per heavy atom. The van der Waals surface area contributed by atoms with Crippen LogP contribution in [0.2, 0.25) is 0 Å². The van der Waals surface area contributed by atoms with E-state index in [9.17, 15) is 13.2 Å². The fraction of sp³-hybridized carbons (Fsp3) is 0.500. The first-order chi connectivity index (χ1) is 9.89. The Kier molecular flexibility index (Phi) is 3.12. The molecule has 1 saturated heterocycles. The molecule has 1 unspecified atom stereocenters. The third-order valence-electron chi connectivity index (χ3n) is 4.21. The highest BCUT2D eigenvalue weighted by Gasteiger charge is 2.59. The van der Waals surface area contributed by atoms with Crippen molar-refractivity contribution in [2.75, 3.05) is 20.2 Å². The highest BCUT2D eigenvalue weighted by Crippen LogP contribution is 2.45. The van der Waals surface area contributed by atoms with Crippen molar-refractivity contribution < 1.29 is 17.9 Å². The molecule has 0 spiro atoms. The summed E-state index contributed by atoms with van der Waals surface area (Å²) in [6.07, 6.45) is -4.33. The molecule has 1 atom stereocenters. The SMILES string of the molecule is COc1ccc2c(c1)nc(C1(C(F)(F)F)CCNC1)n2C. The van der Waals surface area contributed by atoms with E-state index in [-0.39, 0.29) is 18.8 Å². The molecule has 1 aliphatic rings. The third kappa shape index (κ3) is 1.98. The second-order valence-corrected chi connectivity index (χ2v) is 5.36. The van der Waals surface area contributed by atoms with E-state index in [1.54, 1.807) is 25.2 Å². The van der Waals surface area contributed by atoms with Crippen LogP contribution in [0.1, 0.15) is 12.2 Å². The molecule has 3 rings (SSSR count). The molecule has 114 valence electrons. The molecular formula is C14H16F3N3O. The lowest BCUT2D eigenvalue weighted by Gasteiger charge is -2.30. The van der Waals surface area contributed by atoms with Crippen LogP contribution in [0.4, 0.5) is 13.2 Å². The number of aryl methyl sites for hydroxylation is 1. The van der Waals surface area contributed by atoms with Gasteiger partial charge < -0.3 is 14.6 Å². The van der Waals surface area contributed by atoms with Gasteiger partial charge in [-0.15, -0.1) is 0 Å². The quantitative estimate of drug-likeness (QED) is 0.925. The fourth-order valence-corrected chi connectivity index (χ4v) is 2.99. The standard InChI is InChI=1S/C14H16F3N3O/c1-20-11-4-3-9(21-2)7-10(11)19-12(20)13(14(15,16)17)5-6-18-8-13/h3-4,7,18H,5-6,8H2,1-2H3. The summed E-state index contributed by atoms with van der Waals surface area (Å²) in [5, 5.41) is 2.81. The van der Waals surface area contributed by atoms with Gasteiger partial charge in [0.15, 0.2) is 0 Å². The van der Waals surface area contributed by atoms with E-state index in [2.05, 4.69) is 10.3 Å². The van der Waals surface area contributed by atoms with Crippen molar-refractivity contribution in [3.05, 3.63) is 24.0 Å². The van der Waals surface area contributed by atoms with Gasteiger partial charge in [0.25, 0.3) is 0 Å². The van der Waals surface area contributed by atoms with E-state index >= 15 is 0 Å². The van der Waals surface area contributed by atoms with Crippen molar-refractivity contribution in [3.63, 3.8) is 0 Å². The zero-order chi connectivity index (χ0) is 15.3. The number of rotatable bonds is 2. The average molecular weight is 299 g/mol. The molecule has 1 aromatic carbocycles. The summed E-state index contributed by atoms with van der Waals surface area (Å²) in [5.74, 6) is 0.640. The number of nitrogens with zero attached hydrogens (tertiary/aromatic N) is 2. The smallest absolute Gasteiger partial charge is 0.402 e. The summed E-state index contributed by atoms with van der Waals surface area (Å²) in [6, 6.07) is 5.11. The zero-order valence-electron chi connectivity index (χ0n) is 11.8. The highest BCUT2D eigenvalue weighted by molar-refractivity contribution is 5.78. The van der Waals surface area contributed by atoms with Crippen LogP contribution in [0.25, 0.3) is 11.0 Å². The molecule has 1 fully saturated rings. The predicted molar refractivity (Wildman–Crippen MR) is 72.5 cm³/mol. The number of fused-ring (bicyclic) bond motifs is 1. The Hall–Kier alpha value is -1.76. The van der Waals surface area contributed by atoms with Gasteiger partial charge in [0.1, 0.15) is 17.0 Å². The Labute approximate surface area is 119 Å². The minimum absolute atomic E-state index is 0.00476. The van der Waals surface area contributed by atoms with Gasteiger partial charge in [-0.25, -0.2) is 4.98 Å². The molecular weight excluding hydrogens is 283 g/mol. The van der Waals surface area contributed by atoms with Gasteiger partial charge in [0, 0.05) is 19.7 Å². The lowest BCUT2D eigenvalue weighted by molar-refractivity contribution is -0.187. The van der Waals surface area contributed by atoms with Crippen LogP contribution in [0.15, 0.2) is 18.2 Å². The Morgan fingerprint density at radius 3 is 2.71 bits per heavy atom. The number of methoxy groups -OCH3 is 1. The lowest BCUT2D eigenvalue weighted by Crippen LogP contribution is -2.46. The second kappa shape index (κ2) is 4.62. The number of ether oxygens (including phenoxy) is 1. The summed E-state index contributed by atoms with van der Waals surface area (Å²) in [7, 11) is 3.14. The van der Waals surface area contributed by atoms with Crippen molar-refractivity contribution >= 4 is 11.0 Å². The number of nitrogens with one attached hydrogen (secondary N) is 1. The maximum absolute atomic E-state index is 13.6. The first-order valence-electron chi connectivity index (χ1n) is 6.67. The topological polar surface area (TPSA) is 39.1 Å². The van der Waals surface area contributed by atoms with Crippen LogP contribution in [-0.2, 0) is 12.5 Å². The Bertz CT molecular complexity index is 672. The van der Waals surface area contributed by atoms with Gasteiger partial charge in [0.05, 0.1) is 18.1 Å². The van der Waals surface area contributed by atoms with Gasteiger partial charge in [-0.3, -0.25) is 0 Å². The van der Waals surface area contributed by atoms with Crippen molar-refractivity contribution in [1.29, 1.82) is 0 Å². The Morgan fingerprint density at radius 2 is 2.14 bits per heavy atom. The van der Waals surface area contributed by atoms with Crippen LogP contribution in [-0.4, -0.2) is 35.9 Å². The normalized spacial score (nSPS) is 22.9. The van der Waals surface area contributed by atoms with Crippen LogP contribution in [0.5, 0.6) is 5.75 Å². The van der Waals surface area contributed by atoms with Crippen LogP contribution in [0.3, 0.4) is 0 Å². The maximum Gasteiger partial charge on any atom is 0.402 e. The number of hydrogen-bond donors (Lipinski definition) is 1. The number of imidazole rings is 1. The molecule has 2 aromatic rings. The summed E-state index contributed by atoms with van der Waals surface area (Å²) >= 11 is 0. The summed E-state index contributed by atoms with van der Waals surface area (Å²) in [5.41, 5.74) is -0.739. The van der Waals surface area contributed by atoms with Gasteiger partial charge in [-0.1, -0.05) is 0 Å². The predicted octanol–water partition coefficient (Wildman–Crippen LogP) is 2.38. The van der Waals surface area contributed by atoms with Gasteiger partial charge in [-0.05, 0) is 25.1 Å². The molecule has 1 aromatic heterocycles. The van der Waals surface area contributed by atoms with Gasteiger partial charge >= 0.3 is 6.18 Å². The molecule has 2 heterocycles. The van der Waals surface area contributed by atoms with E-state index in [1.165, 1.54) is 11.7 Å². The summed E-state index contributed by atoms with van der Waals surface area (Å²) < 4.78 is 47.6. The molecule has 7 heteroatoms. The number of hydrogen-bond acceptors (Lipinski definition) is 3. The largest absolute Gasteiger partial charge is 0.497 e. The summed E-state index contributed by atoms with van der Waals surface area (Å²) in [4.78, 5) is 4.26. The van der Waals surface area contributed by atoms with Crippen molar-refractivity contribution in [1.82, 2.24) is 14.9 Å². The number of benzene rings is 1. The van der Waals surface area contributed by atoms with E-state index < -0.39 is 11.6 Å². The van der Waals surface area contributed by atoms with Crippen LogP contribution in [0, 0.1) is 0 Å². The van der Waals surface area contributed by atoms with Gasteiger partial charge in [0.2, 0.25) is 0 Å². The Balaban J connectivity index is 2.21. The first-order valence-corrected chi connectivity index (χ1v) is 6.67. The molecule has 4 nitrogen and oxygen atoms in total. The molecule has 0 aliphatic carbocycles. The molecule has 1 N–H and O–H groups in total. The van der Waals surface area contributed by atoms with E-state index in [4.69, 9.17) is 4.74 Å². The number of alkyl halides is 3. The number of halogens is 3. The maximum atomic E-state index is 13.6. The highest BCUT2D eigenvalue weighted by atomic mass is 19.4. The second-order valence-electron chi connectivity index (χ2n) is 5.36. The monoisotopic (exact) mass is 299 g/mol. The summed E-state index contributed by atoms with van der Waals surface area (Å²) in [6.45, 7) is 0.205. The van der Waals surface area contributed by atoms with Crippen molar-refractivity contribution in [2.24, 2.45) is 7.05 Å². The molecule has 0 radical (unpaired) electrons. The minimum Gasteiger partial charge on any atom is -0.497 e. The fourth-order valence-electron chi connectivity index (χ4n) is 2.99. The molecule has 1 aliphatic heterocycles. The van der Waals surface area contributed by atoms with Crippen LogP contribution < -0.4 is 10.1 Å². The molecule has 21 heavy (non-hydrogen) atoms. The van der Waals surface area contributed by atoms with E-state index in [0.717, 1.165) is 0 Å². The molecule has 0 amide bonds. The zero-order valence-corrected chi connectivity index (χ0v) is 11.8. The van der Waals surface area contributed by atoms with Crippen molar-refractivity contribution in [3.8, 4) is 5.75 Å². The molecule has 0 bridgehead atoms. The van der Waals surface area contributed by atoms with E-state index in [0.29, 0.717) is 23.3 Å². The molecule has 0 saturated carbocycles.